The predicted octanol–water partition coefficient (Wildman–Crippen LogP) is 0.548. The van der Waals surface area contributed by atoms with E-state index in [1.807, 2.05) is 18.3 Å². The quantitative estimate of drug-likeness (QED) is 0.799. The zero-order valence-corrected chi connectivity index (χ0v) is 8.95. The van der Waals surface area contributed by atoms with E-state index in [0.717, 1.165) is 31.0 Å². The molecule has 1 unspecified atom stereocenters. The first-order chi connectivity index (χ1) is 7.86. The van der Waals surface area contributed by atoms with Gasteiger partial charge in [-0.15, -0.1) is 0 Å². The summed E-state index contributed by atoms with van der Waals surface area (Å²) in [6, 6.07) is 3.86. The van der Waals surface area contributed by atoms with Gasteiger partial charge in [-0.2, -0.15) is 5.10 Å². The molecule has 2 aromatic rings. The van der Waals surface area contributed by atoms with Crippen molar-refractivity contribution in [3.05, 3.63) is 24.5 Å². The maximum atomic E-state index is 9.11. The van der Waals surface area contributed by atoms with Crippen LogP contribution in [0.5, 0.6) is 0 Å². The Morgan fingerprint density at radius 3 is 3.19 bits per heavy atom. The molecule has 1 aliphatic rings. The van der Waals surface area contributed by atoms with Crippen molar-refractivity contribution in [1.29, 1.82) is 0 Å². The highest BCUT2D eigenvalue weighted by Crippen LogP contribution is 2.21. The molecule has 16 heavy (non-hydrogen) atoms. The minimum absolute atomic E-state index is 0.269. The molecule has 0 radical (unpaired) electrons. The minimum atomic E-state index is 0.269. The van der Waals surface area contributed by atoms with Gasteiger partial charge in [0.1, 0.15) is 5.82 Å². The summed E-state index contributed by atoms with van der Waals surface area (Å²) in [7, 11) is 0. The number of rotatable bonds is 2. The Hall–Kier alpha value is -1.62. The molecule has 1 atom stereocenters. The predicted molar refractivity (Wildman–Crippen MR) is 60.4 cm³/mol. The molecule has 2 aromatic heterocycles. The van der Waals surface area contributed by atoms with E-state index in [-0.39, 0.29) is 6.61 Å². The lowest BCUT2D eigenvalue weighted by Gasteiger charge is -2.16. The first-order valence-electron chi connectivity index (χ1n) is 5.53. The van der Waals surface area contributed by atoms with E-state index in [0.29, 0.717) is 5.92 Å². The Morgan fingerprint density at radius 1 is 1.44 bits per heavy atom. The summed E-state index contributed by atoms with van der Waals surface area (Å²) >= 11 is 0. The van der Waals surface area contributed by atoms with E-state index < -0.39 is 0 Å². The van der Waals surface area contributed by atoms with Crippen molar-refractivity contribution in [3.63, 3.8) is 0 Å². The monoisotopic (exact) mass is 218 g/mol. The molecule has 0 spiro atoms. The average molecular weight is 218 g/mol. The van der Waals surface area contributed by atoms with Crippen LogP contribution >= 0.6 is 0 Å². The van der Waals surface area contributed by atoms with Gasteiger partial charge < -0.3 is 10.0 Å². The standard InChI is InChI=1S/C11H14N4O/c16-8-9-2-5-14(7-9)10-3-6-15-11(13-10)1-4-12-15/h1,3-4,6,9,16H,2,5,7-8H2. The fourth-order valence-corrected chi connectivity index (χ4v) is 2.17. The Morgan fingerprint density at radius 2 is 2.38 bits per heavy atom. The molecule has 0 bridgehead atoms. The third kappa shape index (κ3) is 1.53. The molecule has 0 saturated carbocycles. The third-order valence-corrected chi connectivity index (χ3v) is 3.11. The Bertz CT molecular complexity index is 495. The van der Waals surface area contributed by atoms with E-state index in [9.17, 15) is 0 Å². The van der Waals surface area contributed by atoms with Crippen LogP contribution in [-0.4, -0.2) is 39.4 Å². The van der Waals surface area contributed by atoms with Crippen LogP contribution in [0.4, 0.5) is 5.82 Å². The molecule has 1 N–H and O–H groups in total. The van der Waals surface area contributed by atoms with E-state index in [1.54, 1.807) is 10.7 Å². The average Bonchev–Trinajstić information content (AvgIpc) is 2.96. The Kier molecular flexibility index (Phi) is 2.25. The number of aliphatic hydroxyl groups is 1. The smallest absolute Gasteiger partial charge is 0.157 e. The van der Waals surface area contributed by atoms with Crippen LogP contribution in [0.1, 0.15) is 6.42 Å². The Labute approximate surface area is 93.3 Å². The van der Waals surface area contributed by atoms with Gasteiger partial charge in [0.15, 0.2) is 5.65 Å². The van der Waals surface area contributed by atoms with E-state index in [2.05, 4.69) is 15.0 Å². The summed E-state index contributed by atoms with van der Waals surface area (Å²) < 4.78 is 1.75. The first-order valence-corrected chi connectivity index (χ1v) is 5.53. The second kappa shape index (κ2) is 3.75. The lowest BCUT2D eigenvalue weighted by Crippen LogP contribution is -2.21. The maximum Gasteiger partial charge on any atom is 0.157 e. The van der Waals surface area contributed by atoms with Crippen LogP contribution in [0.2, 0.25) is 0 Å². The van der Waals surface area contributed by atoms with Crippen LogP contribution in [0, 0.1) is 5.92 Å². The van der Waals surface area contributed by atoms with Crippen molar-refractivity contribution in [3.8, 4) is 0 Å². The van der Waals surface area contributed by atoms with Gasteiger partial charge in [-0.25, -0.2) is 9.50 Å². The van der Waals surface area contributed by atoms with E-state index in [1.165, 1.54) is 0 Å². The van der Waals surface area contributed by atoms with Gasteiger partial charge in [0.05, 0.1) is 6.20 Å². The molecule has 1 saturated heterocycles. The molecule has 5 nitrogen and oxygen atoms in total. The van der Waals surface area contributed by atoms with Crippen LogP contribution in [0.15, 0.2) is 24.5 Å². The lowest BCUT2D eigenvalue weighted by molar-refractivity contribution is 0.238. The molecule has 1 aliphatic heterocycles. The van der Waals surface area contributed by atoms with Crippen molar-refractivity contribution in [2.45, 2.75) is 6.42 Å². The second-order valence-electron chi connectivity index (χ2n) is 4.20. The van der Waals surface area contributed by atoms with Gasteiger partial charge in [0.2, 0.25) is 0 Å². The van der Waals surface area contributed by atoms with Crippen molar-refractivity contribution in [2.75, 3.05) is 24.6 Å². The number of anilines is 1. The zero-order valence-electron chi connectivity index (χ0n) is 8.95. The number of hydrogen-bond acceptors (Lipinski definition) is 4. The fraction of sp³-hybridized carbons (Fsp3) is 0.455. The molecule has 3 heterocycles. The van der Waals surface area contributed by atoms with Crippen molar-refractivity contribution < 1.29 is 5.11 Å². The molecule has 5 heteroatoms. The summed E-state index contributed by atoms with van der Waals surface area (Å²) in [6.07, 6.45) is 4.71. The van der Waals surface area contributed by atoms with E-state index in [4.69, 9.17) is 5.11 Å². The van der Waals surface area contributed by atoms with E-state index >= 15 is 0 Å². The van der Waals surface area contributed by atoms with Gasteiger partial charge in [-0.3, -0.25) is 0 Å². The number of fused-ring (bicyclic) bond motifs is 1. The number of aliphatic hydroxyl groups excluding tert-OH is 1. The summed E-state index contributed by atoms with van der Waals surface area (Å²) in [6.45, 7) is 2.14. The Balaban J connectivity index is 1.88. The highest BCUT2D eigenvalue weighted by molar-refractivity contribution is 5.47. The summed E-state index contributed by atoms with van der Waals surface area (Å²) in [5, 5.41) is 13.2. The van der Waals surface area contributed by atoms with Crippen LogP contribution in [0.3, 0.4) is 0 Å². The molecular formula is C11H14N4O. The van der Waals surface area contributed by atoms with Gasteiger partial charge in [-0.05, 0) is 12.5 Å². The summed E-state index contributed by atoms with van der Waals surface area (Å²) in [5.41, 5.74) is 0.866. The zero-order chi connectivity index (χ0) is 11.0. The largest absolute Gasteiger partial charge is 0.396 e. The molecule has 0 amide bonds. The maximum absolute atomic E-state index is 9.11. The van der Waals surface area contributed by atoms with Gasteiger partial charge in [0.25, 0.3) is 0 Å². The number of hydrogen-bond donors (Lipinski definition) is 1. The number of aromatic nitrogens is 3. The molecule has 3 rings (SSSR count). The minimum Gasteiger partial charge on any atom is -0.396 e. The highest BCUT2D eigenvalue weighted by Gasteiger charge is 2.22. The fourth-order valence-electron chi connectivity index (χ4n) is 2.17. The third-order valence-electron chi connectivity index (χ3n) is 3.11. The summed E-state index contributed by atoms with van der Waals surface area (Å²) in [5.74, 6) is 1.37. The van der Waals surface area contributed by atoms with Gasteiger partial charge >= 0.3 is 0 Å². The number of nitrogens with zero attached hydrogens (tertiary/aromatic N) is 4. The molecule has 84 valence electrons. The van der Waals surface area contributed by atoms with Crippen molar-refractivity contribution in [2.24, 2.45) is 5.92 Å². The first kappa shape index (κ1) is 9.59. The van der Waals surface area contributed by atoms with Gasteiger partial charge in [0, 0.05) is 37.9 Å². The van der Waals surface area contributed by atoms with Crippen molar-refractivity contribution >= 4 is 11.5 Å². The van der Waals surface area contributed by atoms with Crippen molar-refractivity contribution in [1.82, 2.24) is 14.6 Å². The van der Waals surface area contributed by atoms with Crippen LogP contribution in [-0.2, 0) is 0 Å². The lowest BCUT2D eigenvalue weighted by atomic mass is 10.1. The highest BCUT2D eigenvalue weighted by atomic mass is 16.3. The van der Waals surface area contributed by atoms with Crippen LogP contribution in [0.25, 0.3) is 5.65 Å². The molecule has 1 fully saturated rings. The molecule has 0 aliphatic carbocycles. The SMILES string of the molecule is OCC1CCN(c2ccn3nccc3n2)C1. The van der Waals surface area contributed by atoms with Gasteiger partial charge in [-0.1, -0.05) is 0 Å². The second-order valence-corrected chi connectivity index (χ2v) is 4.20. The topological polar surface area (TPSA) is 53.7 Å². The normalized spacial score (nSPS) is 20.8. The molecule has 0 aromatic carbocycles. The summed E-state index contributed by atoms with van der Waals surface area (Å²) in [4.78, 5) is 6.75. The molecular weight excluding hydrogens is 204 g/mol. The van der Waals surface area contributed by atoms with Crippen LogP contribution < -0.4 is 4.90 Å².